The fourth-order valence-corrected chi connectivity index (χ4v) is 2.83. The predicted octanol–water partition coefficient (Wildman–Crippen LogP) is 3.06. The number of carbonyl (C=O) groups excluding carboxylic acids is 1. The van der Waals surface area contributed by atoms with Crippen LogP contribution in [0.5, 0.6) is 5.75 Å². The van der Waals surface area contributed by atoms with Gasteiger partial charge in [-0.15, -0.1) is 0 Å². The van der Waals surface area contributed by atoms with Crippen LogP contribution in [-0.2, 0) is 9.59 Å². The zero-order valence-corrected chi connectivity index (χ0v) is 13.7. The molecule has 3 rings (SSSR count). The van der Waals surface area contributed by atoms with Crippen LogP contribution >= 0.6 is 0 Å². The van der Waals surface area contributed by atoms with E-state index in [2.05, 4.69) is 0 Å². The Hall–Kier alpha value is -2.89. The van der Waals surface area contributed by atoms with Crippen LogP contribution in [0.2, 0.25) is 0 Å². The molecule has 0 aromatic heterocycles. The minimum absolute atomic E-state index is 0.00790. The van der Waals surface area contributed by atoms with Crippen molar-refractivity contribution in [2.75, 3.05) is 18.6 Å². The molecule has 0 bridgehead atoms. The second kappa shape index (κ2) is 6.93. The fourth-order valence-electron chi connectivity index (χ4n) is 2.83. The van der Waals surface area contributed by atoms with E-state index in [4.69, 9.17) is 9.84 Å². The highest BCUT2D eigenvalue weighted by molar-refractivity contribution is 5.97. The number of ether oxygens (including phenoxy) is 1. The number of benzene rings is 2. The summed E-state index contributed by atoms with van der Waals surface area (Å²) < 4.78 is 18.1. The Morgan fingerprint density at radius 1 is 1.16 bits per heavy atom. The van der Waals surface area contributed by atoms with Gasteiger partial charge in [0.1, 0.15) is 11.6 Å². The second-order valence-electron chi connectivity index (χ2n) is 6.07. The molecule has 25 heavy (non-hydrogen) atoms. The van der Waals surface area contributed by atoms with Gasteiger partial charge in [-0.1, -0.05) is 12.1 Å². The first-order chi connectivity index (χ1) is 12.0. The number of aliphatic carboxylic acids is 1. The molecule has 2 unspecified atom stereocenters. The summed E-state index contributed by atoms with van der Waals surface area (Å²) in [6, 6.07) is 13.0. The van der Waals surface area contributed by atoms with E-state index in [-0.39, 0.29) is 23.6 Å². The van der Waals surface area contributed by atoms with Crippen LogP contribution < -0.4 is 9.64 Å². The quantitative estimate of drug-likeness (QED) is 0.875. The molecule has 0 saturated heterocycles. The molecule has 1 saturated carbocycles. The second-order valence-corrected chi connectivity index (χ2v) is 6.07. The third kappa shape index (κ3) is 3.96. The fraction of sp³-hybridized carbons (Fsp3) is 0.263. The Balaban J connectivity index is 1.61. The maximum absolute atomic E-state index is 13.0. The standard InChI is InChI=1S/C19H18FNO4/c1-21(14-6-8-15(9-7-14)25-11-18(22)23)19(24)17-10-16(17)12-2-4-13(20)5-3-12/h2-9,16-17H,10-11H2,1H3,(H,22,23). The minimum Gasteiger partial charge on any atom is -0.482 e. The summed E-state index contributed by atoms with van der Waals surface area (Å²) in [6.45, 7) is -0.407. The molecule has 2 atom stereocenters. The number of hydrogen-bond donors (Lipinski definition) is 1. The first-order valence-corrected chi connectivity index (χ1v) is 7.93. The third-order valence-electron chi connectivity index (χ3n) is 4.32. The topological polar surface area (TPSA) is 66.8 Å². The van der Waals surface area contributed by atoms with E-state index in [0.717, 1.165) is 12.0 Å². The average Bonchev–Trinajstić information content (AvgIpc) is 3.40. The van der Waals surface area contributed by atoms with E-state index in [1.807, 2.05) is 0 Å². The van der Waals surface area contributed by atoms with Crippen molar-refractivity contribution in [2.24, 2.45) is 5.92 Å². The van der Waals surface area contributed by atoms with Gasteiger partial charge < -0.3 is 14.7 Å². The Kier molecular flexibility index (Phi) is 4.70. The molecule has 130 valence electrons. The molecule has 0 radical (unpaired) electrons. The lowest BCUT2D eigenvalue weighted by Gasteiger charge is -2.18. The van der Waals surface area contributed by atoms with Crippen molar-refractivity contribution in [3.05, 3.63) is 59.9 Å². The van der Waals surface area contributed by atoms with Crippen LogP contribution in [0, 0.1) is 11.7 Å². The van der Waals surface area contributed by atoms with Crippen molar-refractivity contribution in [1.82, 2.24) is 0 Å². The molecule has 0 heterocycles. The normalized spacial score (nSPS) is 18.5. The van der Waals surface area contributed by atoms with Gasteiger partial charge in [-0.05, 0) is 54.3 Å². The van der Waals surface area contributed by atoms with Gasteiger partial charge in [-0.2, -0.15) is 0 Å². The number of hydrogen-bond acceptors (Lipinski definition) is 3. The molecule has 5 nitrogen and oxygen atoms in total. The van der Waals surface area contributed by atoms with Gasteiger partial charge in [0.2, 0.25) is 5.91 Å². The summed E-state index contributed by atoms with van der Waals surface area (Å²) in [5.74, 6) is -0.852. The van der Waals surface area contributed by atoms with E-state index in [1.54, 1.807) is 48.3 Å². The number of carbonyl (C=O) groups is 2. The molecule has 1 aliphatic carbocycles. The molecule has 0 aliphatic heterocycles. The molecule has 1 fully saturated rings. The molecule has 0 spiro atoms. The van der Waals surface area contributed by atoms with Gasteiger partial charge in [0, 0.05) is 18.7 Å². The van der Waals surface area contributed by atoms with Crippen molar-refractivity contribution in [1.29, 1.82) is 0 Å². The van der Waals surface area contributed by atoms with E-state index < -0.39 is 12.6 Å². The number of amides is 1. The highest BCUT2D eigenvalue weighted by Gasteiger charge is 2.45. The molecule has 1 amide bonds. The monoisotopic (exact) mass is 343 g/mol. The molecular formula is C19H18FNO4. The van der Waals surface area contributed by atoms with Crippen molar-refractivity contribution in [3.8, 4) is 5.75 Å². The van der Waals surface area contributed by atoms with Gasteiger partial charge in [0.05, 0.1) is 0 Å². The van der Waals surface area contributed by atoms with Gasteiger partial charge >= 0.3 is 5.97 Å². The van der Waals surface area contributed by atoms with E-state index in [9.17, 15) is 14.0 Å². The zero-order chi connectivity index (χ0) is 18.0. The largest absolute Gasteiger partial charge is 0.482 e. The molecule has 2 aromatic carbocycles. The highest BCUT2D eigenvalue weighted by Crippen LogP contribution is 2.48. The maximum Gasteiger partial charge on any atom is 0.341 e. The Morgan fingerprint density at radius 3 is 2.40 bits per heavy atom. The van der Waals surface area contributed by atoms with Crippen LogP contribution in [0.1, 0.15) is 17.9 Å². The summed E-state index contributed by atoms with van der Waals surface area (Å²) in [6.07, 6.45) is 0.759. The minimum atomic E-state index is -1.04. The van der Waals surface area contributed by atoms with Crippen molar-refractivity contribution >= 4 is 17.6 Å². The number of anilines is 1. The molecular weight excluding hydrogens is 325 g/mol. The zero-order valence-electron chi connectivity index (χ0n) is 13.7. The number of carboxylic acids is 1. The van der Waals surface area contributed by atoms with Crippen LogP contribution in [0.25, 0.3) is 0 Å². The predicted molar refractivity (Wildman–Crippen MR) is 90.2 cm³/mol. The molecule has 6 heteroatoms. The summed E-state index contributed by atoms with van der Waals surface area (Å²) in [4.78, 5) is 24.7. The van der Waals surface area contributed by atoms with Crippen LogP contribution in [0.3, 0.4) is 0 Å². The smallest absolute Gasteiger partial charge is 0.341 e. The lowest BCUT2D eigenvalue weighted by Crippen LogP contribution is -2.28. The van der Waals surface area contributed by atoms with Gasteiger partial charge in [0.15, 0.2) is 6.61 Å². The van der Waals surface area contributed by atoms with Gasteiger partial charge in [-0.3, -0.25) is 4.79 Å². The maximum atomic E-state index is 13.0. The summed E-state index contributed by atoms with van der Waals surface area (Å²) in [7, 11) is 1.70. The summed E-state index contributed by atoms with van der Waals surface area (Å²) in [5, 5.41) is 8.59. The highest BCUT2D eigenvalue weighted by atomic mass is 19.1. The van der Waals surface area contributed by atoms with Crippen molar-refractivity contribution < 1.29 is 23.8 Å². The number of nitrogens with zero attached hydrogens (tertiary/aromatic N) is 1. The van der Waals surface area contributed by atoms with Gasteiger partial charge in [0.25, 0.3) is 0 Å². The molecule has 1 aliphatic rings. The summed E-state index contributed by atoms with van der Waals surface area (Å²) in [5.41, 5.74) is 1.68. The molecule has 1 N–H and O–H groups in total. The number of halogens is 1. The van der Waals surface area contributed by atoms with E-state index in [0.29, 0.717) is 11.4 Å². The van der Waals surface area contributed by atoms with Gasteiger partial charge in [-0.25, -0.2) is 9.18 Å². The Labute approximate surface area is 144 Å². The van der Waals surface area contributed by atoms with Crippen molar-refractivity contribution in [2.45, 2.75) is 12.3 Å². The van der Waals surface area contributed by atoms with Crippen LogP contribution in [0.15, 0.2) is 48.5 Å². The first-order valence-electron chi connectivity index (χ1n) is 7.93. The Morgan fingerprint density at radius 2 is 1.80 bits per heavy atom. The lowest BCUT2D eigenvalue weighted by molar-refractivity contribution is -0.139. The van der Waals surface area contributed by atoms with Crippen LogP contribution in [0.4, 0.5) is 10.1 Å². The number of carboxylic acid groups (broad SMARTS) is 1. The van der Waals surface area contributed by atoms with E-state index in [1.165, 1.54) is 12.1 Å². The third-order valence-corrected chi connectivity index (χ3v) is 4.32. The summed E-state index contributed by atoms with van der Waals surface area (Å²) >= 11 is 0. The lowest BCUT2D eigenvalue weighted by atomic mass is 10.1. The van der Waals surface area contributed by atoms with Crippen molar-refractivity contribution in [3.63, 3.8) is 0 Å². The Bertz CT molecular complexity index is 773. The van der Waals surface area contributed by atoms with E-state index >= 15 is 0 Å². The molecule has 2 aromatic rings. The van der Waals surface area contributed by atoms with Crippen LogP contribution in [-0.4, -0.2) is 30.6 Å². The first kappa shape index (κ1) is 17.0. The average molecular weight is 343 g/mol. The number of rotatable bonds is 6. The SMILES string of the molecule is CN(C(=O)C1CC1c1ccc(F)cc1)c1ccc(OCC(=O)O)cc1.